The van der Waals surface area contributed by atoms with Crippen LogP contribution in [0.25, 0.3) is 0 Å². The molecular formula is C7HClF6N2O5S. The topological polar surface area (TPSA) is 99.4 Å². The quantitative estimate of drug-likeness (QED) is 0.349. The smallest absolute Gasteiger partial charge is 0.398 e. The van der Waals surface area contributed by atoms with Crippen molar-refractivity contribution in [2.45, 2.75) is 17.6 Å². The first-order valence-electron chi connectivity index (χ1n) is 4.60. The Kier molecular flexibility index (Phi) is 4.49. The number of hydrogen-bond acceptors (Lipinski definition) is 6. The summed E-state index contributed by atoms with van der Waals surface area (Å²) < 4.78 is 99.0. The fourth-order valence-electron chi connectivity index (χ4n) is 1.18. The molecular weight excluding hydrogens is 374 g/mol. The number of rotatable bonds is 3. The fraction of sp³-hybridized carbons (Fsp3) is 0.286. The molecule has 0 aliphatic carbocycles. The van der Waals surface area contributed by atoms with Gasteiger partial charge in [0.2, 0.25) is 5.75 Å². The molecule has 0 N–H and O–H groups in total. The van der Waals surface area contributed by atoms with E-state index in [1.165, 1.54) is 0 Å². The molecule has 1 aromatic heterocycles. The number of hydrogen-bond donors (Lipinski definition) is 0. The lowest BCUT2D eigenvalue weighted by Gasteiger charge is -2.13. The molecule has 0 spiro atoms. The van der Waals surface area contributed by atoms with E-state index in [2.05, 4.69) is 20.4 Å². The zero-order valence-electron chi connectivity index (χ0n) is 9.57. The Morgan fingerprint density at radius 1 is 1.23 bits per heavy atom. The van der Waals surface area contributed by atoms with Crippen molar-refractivity contribution in [1.82, 2.24) is 4.98 Å². The van der Waals surface area contributed by atoms with Crippen LogP contribution in [-0.2, 0) is 15.2 Å². The third-order valence-electron chi connectivity index (χ3n) is 1.86. The number of ether oxygens (including phenoxy) is 1. The summed E-state index contributed by atoms with van der Waals surface area (Å²) in [5.74, 6) is -2.01. The summed E-state index contributed by atoms with van der Waals surface area (Å²) in [5.41, 5.74) is -4.14. The SMILES string of the molecule is O=[N+]([O-])c1c(OC(F)(F)F)cc(C(F)(F)F)nc1S(=O)(=O)Cl. The first kappa shape index (κ1) is 18.2. The van der Waals surface area contributed by atoms with Gasteiger partial charge in [-0.3, -0.25) is 10.1 Å². The van der Waals surface area contributed by atoms with Crippen molar-refractivity contribution in [2.24, 2.45) is 0 Å². The molecule has 0 atom stereocenters. The Hall–Kier alpha value is -1.83. The molecule has 0 aliphatic rings. The van der Waals surface area contributed by atoms with Crippen LogP contribution >= 0.6 is 10.7 Å². The van der Waals surface area contributed by atoms with Crippen LogP contribution in [0.3, 0.4) is 0 Å². The molecule has 22 heavy (non-hydrogen) atoms. The first-order chi connectivity index (χ1) is 9.63. The van der Waals surface area contributed by atoms with E-state index >= 15 is 0 Å². The van der Waals surface area contributed by atoms with Crippen molar-refractivity contribution in [3.63, 3.8) is 0 Å². The molecule has 0 radical (unpaired) electrons. The Morgan fingerprint density at radius 3 is 2.05 bits per heavy atom. The van der Waals surface area contributed by atoms with Gasteiger partial charge in [-0.15, -0.1) is 13.2 Å². The highest BCUT2D eigenvalue weighted by atomic mass is 35.7. The molecule has 1 rings (SSSR count). The maximum absolute atomic E-state index is 12.5. The van der Waals surface area contributed by atoms with E-state index in [-0.39, 0.29) is 0 Å². The standard InChI is InChI=1S/C7HClF6N2O5S/c8-22(19,20)5-4(16(17)18)2(21-7(12,13)14)1-3(15-5)6(9,10)11/h1H. The van der Waals surface area contributed by atoms with Crippen molar-refractivity contribution >= 4 is 25.4 Å². The number of alkyl halides is 6. The Morgan fingerprint density at radius 2 is 1.73 bits per heavy atom. The van der Waals surface area contributed by atoms with E-state index in [4.69, 9.17) is 0 Å². The van der Waals surface area contributed by atoms with Crippen LogP contribution in [0.2, 0.25) is 0 Å². The summed E-state index contributed by atoms with van der Waals surface area (Å²) in [5, 5.41) is 8.63. The molecule has 0 saturated carbocycles. The Labute approximate surface area is 121 Å². The lowest BCUT2D eigenvalue weighted by molar-refractivity contribution is -0.392. The highest BCUT2D eigenvalue weighted by molar-refractivity contribution is 8.13. The normalized spacial score (nSPS) is 13.0. The van der Waals surface area contributed by atoms with Crippen molar-refractivity contribution < 1.29 is 44.4 Å². The van der Waals surface area contributed by atoms with Crippen LogP contribution in [0.15, 0.2) is 11.1 Å². The molecule has 15 heteroatoms. The minimum absolute atomic E-state index is 0.461. The Balaban J connectivity index is 3.83. The molecule has 0 saturated heterocycles. The summed E-state index contributed by atoms with van der Waals surface area (Å²) in [6.07, 6.45) is -11.0. The van der Waals surface area contributed by atoms with Crippen LogP contribution in [0.5, 0.6) is 5.75 Å². The average Bonchev–Trinajstić information content (AvgIpc) is 2.22. The highest BCUT2D eigenvalue weighted by Crippen LogP contribution is 2.41. The van der Waals surface area contributed by atoms with Gasteiger partial charge >= 0.3 is 18.2 Å². The van der Waals surface area contributed by atoms with Gasteiger partial charge in [0.1, 0.15) is 5.69 Å². The van der Waals surface area contributed by atoms with E-state index in [9.17, 15) is 44.9 Å². The average molecular weight is 375 g/mol. The molecule has 7 nitrogen and oxygen atoms in total. The highest BCUT2D eigenvalue weighted by Gasteiger charge is 2.43. The van der Waals surface area contributed by atoms with Gasteiger partial charge in [0.05, 0.1) is 4.92 Å². The van der Waals surface area contributed by atoms with Gasteiger partial charge in [-0.1, -0.05) is 0 Å². The summed E-state index contributed by atoms with van der Waals surface area (Å²) in [4.78, 5) is 11.3. The number of nitro groups is 1. The molecule has 0 aliphatic heterocycles. The summed E-state index contributed by atoms with van der Waals surface area (Å²) in [6, 6.07) is -0.461. The molecule has 124 valence electrons. The predicted molar refractivity (Wildman–Crippen MR) is 55.6 cm³/mol. The maximum Gasteiger partial charge on any atom is 0.573 e. The fourth-order valence-corrected chi connectivity index (χ4v) is 2.11. The van der Waals surface area contributed by atoms with E-state index in [0.717, 1.165) is 0 Å². The van der Waals surface area contributed by atoms with Crippen LogP contribution in [0.4, 0.5) is 32.0 Å². The minimum atomic E-state index is -5.62. The largest absolute Gasteiger partial charge is 0.573 e. The van der Waals surface area contributed by atoms with Crippen LogP contribution in [0.1, 0.15) is 5.69 Å². The number of halogens is 7. The summed E-state index contributed by atoms with van der Waals surface area (Å²) in [7, 11) is -0.593. The minimum Gasteiger partial charge on any atom is -0.398 e. The van der Waals surface area contributed by atoms with Crippen LogP contribution in [-0.4, -0.2) is 24.7 Å². The summed E-state index contributed by atoms with van der Waals surface area (Å²) in [6.45, 7) is 0. The van der Waals surface area contributed by atoms with Gasteiger partial charge in [0, 0.05) is 16.7 Å². The molecule has 1 aromatic rings. The van der Waals surface area contributed by atoms with E-state index in [1.807, 2.05) is 0 Å². The van der Waals surface area contributed by atoms with Gasteiger partial charge in [-0.2, -0.15) is 13.2 Å². The van der Waals surface area contributed by atoms with Gasteiger partial charge in [-0.25, -0.2) is 13.4 Å². The summed E-state index contributed by atoms with van der Waals surface area (Å²) >= 11 is 0. The van der Waals surface area contributed by atoms with Gasteiger partial charge in [0.25, 0.3) is 14.1 Å². The second-order valence-electron chi connectivity index (χ2n) is 3.40. The zero-order chi connectivity index (χ0) is 17.5. The predicted octanol–water partition coefficient (Wildman–Crippen LogP) is 2.83. The molecule has 0 aromatic carbocycles. The second-order valence-corrected chi connectivity index (χ2v) is 5.88. The zero-order valence-corrected chi connectivity index (χ0v) is 11.1. The van der Waals surface area contributed by atoms with Crippen molar-refractivity contribution in [2.75, 3.05) is 0 Å². The van der Waals surface area contributed by atoms with Crippen molar-refractivity contribution in [1.29, 1.82) is 0 Å². The van der Waals surface area contributed by atoms with E-state index in [0.29, 0.717) is 0 Å². The third kappa shape index (κ3) is 4.33. The number of nitrogens with zero attached hydrogens (tertiary/aromatic N) is 2. The van der Waals surface area contributed by atoms with Gasteiger partial charge < -0.3 is 4.74 Å². The van der Waals surface area contributed by atoms with Crippen molar-refractivity contribution in [3.8, 4) is 5.75 Å². The second kappa shape index (κ2) is 5.42. The number of aromatic nitrogens is 1. The molecule has 0 unspecified atom stereocenters. The molecule has 1 heterocycles. The van der Waals surface area contributed by atoms with Crippen LogP contribution in [0, 0.1) is 10.1 Å². The van der Waals surface area contributed by atoms with Gasteiger partial charge in [0.15, 0.2) is 0 Å². The number of pyridine rings is 1. The lowest BCUT2D eigenvalue weighted by Crippen LogP contribution is -2.20. The van der Waals surface area contributed by atoms with Gasteiger partial charge in [-0.05, 0) is 0 Å². The first-order valence-corrected chi connectivity index (χ1v) is 6.91. The van der Waals surface area contributed by atoms with E-state index < -0.39 is 54.7 Å². The van der Waals surface area contributed by atoms with Crippen molar-refractivity contribution in [3.05, 3.63) is 21.9 Å². The molecule has 0 amide bonds. The lowest BCUT2D eigenvalue weighted by atomic mass is 10.3. The third-order valence-corrected chi connectivity index (χ3v) is 3.04. The van der Waals surface area contributed by atoms with Crippen LogP contribution < -0.4 is 4.74 Å². The monoisotopic (exact) mass is 374 g/mol. The maximum atomic E-state index is 12.5. The molecule has 0 fully saturated rings. The molecule has 0 bridgehead atoms. The van der Waals surface area contributed by atoms with E-state index in [1.54, 1.807) is 0 Å². The Bertz CT molecular complexity index is 715.